The van der Waals surface area contributed by atoms with E-state index in [4.69, 9.17) is 24.9 Å². The number of allylic oxidation sites excluding steroid dienone is 4. The normalized spacial score (nSPS) is 13.6. The minimum absolute atomic E-state index is 0.0192. The molecule has 5 heteroatoms. The van der Waals surface area contributed by atoms with Crippen LogP contribution in [0, 0.1) is 6.92 Å². The van der Waals surface area contributed by atoms with Gasteiger partial charge in [-0.2, -0.15) is 0 Å². The molecule has 2 aromatic heterocycles. The van der Waals surface area contributed by atoms with Gasteiger partial charge in [0, 0.05) is 33.6 Å². The van der Waals surface area contributed by atoms with Gasteiger partial charge in [-0.1, -0.05) is 194 Å². The number of hydrogen-bond acceptors (Lipinski definition) is 5. The quantitative estimate of drug-likeness (QED) is 0.154. The largest absolute Gasteiger partial charge is 0.232 e. The summed E-state index contributed by atoms with van der Waals surface area (Å²) in [6, 6.07) is 63.1. The van der Waals surface area contributed by atoms with Crippen molar-refractivity contribution < 1.29 is 0 Å². The Bertz CT molecular complexity index is 2970. The summed E-state index contributed by atoms with van der Waals surface area (Å²) >= 11 is 0. The topological polar surface area (TPSA) is 64.5 Å². The van der Waals surface area contributed by atoms with E-state index in [0.29, 0.717) is 17.5 Å². The first-order chi connectivity index (χ1) is 29.1. The summed E-state index contributed by atoms with van der Waals surface area (Å²) in [4.78, 5) is 25.3. The lowest BCUT2D eigenvalue weighted by molar-refractivity contribution is 0.791. The molecule has 1 atom stereocenters. The molecule has 0 spiro atoms. The van der Waals surface area contributed by atoms with Crippen molar-refractivity contribution in [1.29, 1.82) is 0 Å². The van der Waals surface area contributed by atoms with Crippen LogP contribution in [0.25, 0.3) is 84.2 Å². The fourth-order valence-corrected chi connectivity index (χ4v) is 7.98. The van der Waals surface area contributed by atoms with Crippen molar-refractivity contribution in [3.05, 3.63) is 217 Å². The number of rotatable bonds is 8. The molecule has 280 valence electrons. The smallest absolute Gasteiger partial charge is 0.164 e. The third-order valence-corrected chi connectivity index (χ3v) is 11.0. The number of aromatic nitrogens is 5. The summed E-state index contributed by atoms with van der Waals surface area (Å²) in [6.45, 7) is 2.11. The maximum atomic E-state index is 5.26. The zero-order chi connectivity index (χ0) is 39.5. The first-order valence-electron chi connectivity index (χ1n) is 20.0. The Balaban J connectivity index is 1.01. The first kappa shape index (κ1) is 35.8. The van der Waals surface area contributed by atoms with Crippen LogP contribution in [0.1, 0.15) is 29.3 Å². The van der Waals surface area contributed by atoms with E-state index < -0.39 is 0 Å². The zero-order valence-electron chi connectivity index (χ0n) is 32.6. The van der Waals surface area contributed by atoms with Crippen molar-refractivity contribution >= 4 is 16.5 Å². The van der Waals surface area contributed by atoms with Gasteiger partial charge in [0.25, 0.3) is 0 Å². The summed E-state index contributed by atoms with van der Waals surface area (Å²) in [5.41, 5.74) is 14.0. The molecule has 0 saturated heterocycles. The van der Waals surface area contributed by atoms with Gasteiger partial charge in [0.2, 0.25) is 0 Å². The van der Waals surface area contributed by atoms with Crippen LogP contribution in [-0.2, 0) is 0 Å². The molecule has 7 aromatic carbocycles. The second-order valence-electron chi connectivity index (χ2n) is 14.9. The van der Waals surface area contributed by atoms with Crippen LogP contribution in [0.2, 0.25) is 0 Å². The van der Waals surface area contributed by atoms with E-state index in [1.807, 2.05) is 60.7 Å². The van der Waals surface area contributed by atoms with Gasteiger partial charge >= 0.3 is 0 Å². The van der Waals surface area contributed by atoms with E-state index in [1.165, 1.54) is 22.3 Å². The Labute approximate surface area is 344 Å². The van der Waals surface area contributed by atoms with Crippen molar-refractivity contribution in [2.24, 2.45) is 0 Å². The molecule has 59 heavy (non-hydrogen) atoms. The highest BCUT2D eigenvalue weighted by atomic mass is 15.0. The van der Waals surface area contributed by atoms with E-state index in [-0.39, 0.29) is 5.92 Å². The third kappa shape index (κ3) is 7.26. The van der Waals surface area contributed by atoms with Gasteiger partial charge in [-0.3, -0.25) is 0 Å². The highest BCUT2D eigenvalue weighted by Gasteiger charge is 2.23. The average Bonchev–Trinajstić information content (AvgIpc) is 3.32. The summed E-state index contributed by atoms with van der Waals surface area (Å²) in [7, 11) is 0. The van der Waals surface area contributed by atoms with Crippen LogP contribution < -0.4 is 0 Å². The molecule has 2 heterocycles. The molecule has 1 unspecified atom stereocenters. The van der Waals surface area contributed by atoms with Crippen molar-refractivity contribution in [2.45, 2.75) is 19.3 Å². The molecule has 0 bridgehead atoms. The number of para-hydroxylation sites is 1. The van der Waals surface area contributed by atoms with Crippen LogP contribution in [0.4, 0.5) is 0 Å². The first-order valence-corrected chi connectivity index (χ1v) is 20.0. The highest BCUT2D eigenvalue weighted by Crippen LogP contribution is 2.41. The fourth-order valence-electron chi connectivity index (χ4n) is 7.98. The highest BCUT2D eigenvalue weighted by molar-refractivity contribution is 5.93. The van der Waals surface area contributed by atoms with E-state index >= 15 is 0 Å². The molecule has 9 aromatic rings. The number of benzene rings is 7. The van der Waals surface area contributed by atoms with Crippen LogP contribution in [0.15, 0.2) is 200 Å². The van der Waals surface area contributed by atoms with E-state index in [1.54, 1.807) is 0 Å². The second-order valence-corrected chi connectivity index (χ2v) is 14.9. The predicted molar refractivity (Wildman–Crippen MR) is 241 cm³/mol. The fraction of sp³-hybridized carbons (Fsp3) is 0.0556. The van der Waals surface area contributed by atoms with Crippen LogP contribution in [0.5, 0.6) is 0 Å². The van der Waals surface area contributed by atoms with E-state index in [0.717, 1.165) is 67.8 Å². The molecular weight excluding hydrogens is 719 g/mol. The van der Waals surface area contributed by atoms with Crippen LogP contribution in [0.3, 0.4) is 0 Å². The standard InChI is InChI=1S/C54H39N5/c1-36-30-32-37(33-31-36)50-48-28-12-13-29-49(48)55-53(56-50)42-22-14-20-40(34-42)44-24-8-10-26-46(44)47-27-11-9-25-45(47)41-21-15-23-43(35-41)54-58-51(38-16-4-2-5-17-38)57-52(59-54)39-18-6-3-7-19-39/h2-33,35,42H,34H2,1H3. The van der Waals surface area contributed by atoms with Crippen LogP contribution in [-0.4, -0.2) is 24.9 Å². The Kier molecular flexibility index (Phi) is 9.53. The van der Waals surface area contributed by atoms with Gasteiger partial charge in [0.1, 0.15) is 5.82 Å². The van der Waals surface area contributed by atoms with Gasteiger partial charge in [0.05, 0.1) is 11.2 Å². The SMILES string of the molecule is Cc1ccc(-c2nc(C3C=CC=C(c4ccccc4-c4ccccc4-c4cccc(-c5nc(-c6ccccc6)nc(-c6ccccc6)n5)c4)C3)nc3ccccc23)cc1. The average molecular weight is 758 g/mol. The number of fused-ring (bicyclic) bond motifs is 1. The van der Waals surface area contributed by atoms with Crippen LogP contribution >= 0.6 is 0 Å². The lowest BCUT2D eigenvalue weighted by atomic mass is 9.84. The van der Waals surface area contributed by atoms with Gasteiger partial charge < -0.3 is 0 Å². The van der Waals surface area contributed by atoms with E-state index in [2.05, 4.69) is 146 Å². The minimum Gasteiger partial charge on any atom is -0.232 e. The molecule has 0 N–H and O–H groups in total. The lowest BCUT2D eigenvalue weighted by Crippen LogP contribution is -2.07. The molecule has 10 rings (SSSR count). The molecule has 0 amide bonds. The predicted octanol–water partition coefficient (Wildman–Crippen LogP) is 13.3. The molecule has 0 aliphatic heterocycles. The minimum atomic E-state index is 0.0192. The molecule has 0 fully saturated rings. The van der Waals surface area contributed by atoms with Gasteiger partial charge in [-0.25, -0.2) is 24.9 Å². The second kappa shape index (κ2) is 15.7. The molecule has 1 aliphatic rings. The number of nitrogens with zero attached hydrogens (tertiary/aromatic N) is 5. The zero-order valence-corrected chi connectivity index (χ0v) is 32.6. The molecule has 5 nitrogen and oxygen atoms in total. The summed E-state index contributed by atoms with van der Waals surface area (Å²) in [6.07, 6.45) is 7.43. The van der Waals surface area contributed by atoms with E-state index in [9.17, 15) is 0 Å². The van der Waals surface area contributed by atoms with Crippen molar-refractivity contribution in [2.75, 3.05) is 0 Å². The van der Waals surface area contributed by atoms with Gasteiger partial charge in [0.15, 0.2) is 17.5 Å². The van der Waals surface area contributed by atoms with Crippen molar-refractivity contribution in [3.8, 4) is 67.7 Å². The van der Waals surface area contributed by atoms with Gasteiger partial charge in [-0.05, 0) is 58.9 Å². The van der Waals surface area contributed by atoms with Crippen molar-refractivity contribution in [3.63, 3.8) is 0 Å². The summed E-state index contributed by atoms with van der Waals surface area (Å²) in [5.74, 6) is 2.76. The Morgan fingerprint density at radius 3 is 1.66 bits per heavy atom. The molecular formula is C54H39N5. The maximum absolute atomic E-state index is 5.26. The molecule has 0 saturated carbocycles. The van der Waals surface area contributed by atoms with Crippen molar-refractivity contribution in [1.82, 2.24) is 24.9 Å². The lowest BCUT2D eigenvalue weighted by Gasteiger charge is -2.22. The maximum Gasteiger partial charge on any atom is 0.164 e. The Morgan fingerprint density at radius 1 is 0.424 bits per heavy atom. The third-order valence-electron chi connectivity index (χ3n) is 11.0. The van der Waals surface area contributed by atoms with Gasteiger partial charge in [-0.15, -0.1) is 0 Å². The monoisotopic (exact) mass is 757 g/mol. The molecule has 0 radical (unpaired) electrons. The summed E-state index contributed by atoms with van der Waals surface area (Å²) in [5, 5.41) is 1.06. The Hall–Kier alpha value is -7.63. The number of aryl methyl sites for hydroxylation is 1. The Morgan fingerprint density at radius 2 is 0.966 bits per heavy atom. The molecule has 1 aliphatic carbocycles. The number of hydrogen-bond donors (Lipinski definition) is 0. The summed E-state index contributed by atoms with van der Waals surface area (Å²) < 4.78 is 0.